The summed E-state index contributed by atoms with van der Waals surface area (Å²) in [6.07, 6.45) is 5.02. The highest BCUT2D eigenvalue weighted by atomic mass is 15.2. The van der Waals surface area contributed by atoms with Crippen LogP contribution in [0.5, 0.6) is 0 Å². The molecular weight excluding hydrogens is 236 g/mol. The first kappa shape index (κ1) is 12.4. The molecule has 0 fully saturated rings. The second kappa shape index (κ2) is 4.79. The summed E-state index contributed by atoms with van der Waals surface area (Å²) in [6.45, 7) is 0.889. The average molecular weight is 256 g/mol. The van der Waals surface area contributed by atoms with E-state index >= 15 is 0 Å². The lowest BCUT2D eigenvalue weighted by molar-refractivity contribution is 0.214. The van der Waals surface area contributed by atoms with Crippen LogP contribution in [0.1, 0.15) is 22.7 Å². The first-order chi connectivity index (χ1) is 9.15. The van der Waals surface area contributed by atoms with Crippen molar-refractivity contribution in [2.75, 3.05) is 7.05 Å². The van der Waals surface area contributed by atoms with Gasteiger partial charge in [0.25, 0.3) is 0 Å². The third-order valence-electron chi connectivity index (χ3n) is 4.01. The van der Waals surface area contributed by atoms with E-state index in [1.165, 1.54) is 16.7 Å². The van der Waals surface area contributed by atoms with E-state index < -0.39 is 0 Å². The van der Waals surface area contributed by atoms with Gasteiger partial charge in [-0.15, -0.1) is 0 Å². The SMILES string of the molecule is CN(Cc1cnn(C)c1)C1Cc2ccccc2C1N. The molecule has 19 heavy (non-hydrogen) atoms. The van der Waals surface area contributed by atoms with E-state index in [9.17, 15) is 0 Å². The van der Waals surface area contributed by atoms with Crippen molar-refractivity contribution in [3.63, 3.8) is 0 Å². The molecule has 0 bridgehead atoms. The third-order valence-corrected chi connectivity index (χ3v) is 4.01. The van der Waals surface area contributed by atoms with E-state index in [-0.39, 0.29) is 6.04 Å². The van der Waals surface area contributed by atoms with Crippen molar-refractivity contribution in [2.24, 2.45) is 12.8 Å². The smallest absolute Gasteiger partial charge is 0.0534 e. The van der Waals surface area contributed by atoms with Crippen molar-refractivity contribution < 1.29 is 0 Å². The Labute approximate surface area is 113 Å². The van der Waals surface area contributed by atoms with Crippen LogP contribution in [-0.4, -0.2) is 27.8 Å². The lowest BCUT2D eigenvalue weighted by Crippen LogP contribution is -2.37. The minimum absolute atomic E-state index is 0.109. The Bertz CT molecular complexity index is 575. The second-order valence-electron chi connectivity index (χ2n) is 5.43. The predicted octanol–water partition coefficient (Wildman–Crippen LogP) is 1.48. The fraction of sp³-hybridized carbons (Fsp3) is 0.400. The summed E-state index contributed by atoms with van der Waals surface area (Å²) in [7, 11) is 4.09. The molecule has 100 valence electrons. The molecule has 3 rings (SSSR count). The first-order valence-electron chi connectivity index (χ1n) is 6.66. The maximum Gasteiger partial charge on any atom is 0.0534 e. The standard InChI is InChI=1S/C15H20N4/c1-18(9-11-8-17-19(2)10-11)14-7-12-5-3-4-6-13(12)15(14)16/h3-6,8,10,14-15H,7,9,16H2,1-2H3. The zero-order valence-electron chi connectivity index (χ0n) is 11.5. The van der Waals surface area contributed by atoms with Crippen molar-refractivity contribution in [3.8, 4) is 0 Å². The number of likely N-dealkylation sites (N-methyl/N-ethyl adjacent to an activating group) is 1. The van der Waals surface area contributed by atoms with Gasteiger partial charge in [0.05, 0.1) is 6.20 Å². The van der Waals surface area contributed by atoms with Gasteiger partial charge >= 0.3 is 0 Å². The van der Waals surface area contributed by atoms with Crippen molar-refractivity contribution >= 4 is 0 Å². The molecule has 4 heteroatoms. The molecule has 2 aromatic rings. The minimum atomic E-state index is 0.109. The van der Waals surface area contributed by atoms with Crippen LogP contribution in [0.15, 0.2) is 36.7 Å². The number of nitrogens with two attached hydrogens (primary N) is 1. The average Bonchev–Trinajstić information content (AvgIpc) is 2.94. The molecule has 1 aromatic carbocycles. The van der Waals surface area contributed by atoms with Crippen LogP contribution in [0.4, 0.5) is 0 Å². The summed E-state index contributed by atoms with van der Waals surface area (Å²) in [5.41, 5.74) is 10.3. The van der Waals surface area contributed by atoms with Crippen molar-refractivity contribution in [1.82, 2.24) is 14.7 Å². The first-order valence-corrected chi connectivity index (χ1v) is 6.66. The summed E-state index contributed by atoms with van der Waals surface area (Å²) in [6, 6.07) is 8.98. The summed E-state index contributed by atoms with van der Waals surface area (Å²) >= 11 is 0. The zero-order chi connectivity index (χ0) is 13.4. The van der Waals surface area contributed by atoms with Gasteiger partial charge in [0.2, 0.25) is 0 Å². The molecule has 0 aliphatic heterocycles. The Morgan fingerprint density at radius 1 is 1.42 bits per heavy atom. The highest BCUT2D eigenvalue weighted by molar-refractivity contribution is 5.36. The molecule has 1 aliphatic rings. The molecule has 2 unspecified atom stereocenters. The maximum absolute atomic E-state index is 6.39. The van der Waals surface area contributed by atoms with E-state index in [1.54, 1.807) is 0 Å². The quantitative estimate of drug-likeness (QED) is 0.905. The molecule has 2 atom stereocenters. The summed E-state index contributed by atoms with van der Waals surface area (Å²) in [5, 5.41) is 4.21. The molecule has 2 N–H and O–H groups in total. The third kappa shape index (κ3) is 2.29. The van der Waals surface area contributed by atoms with Crippen LogP contribution in [0.2, 0.25) is 0 Å². The number of aromatic nitrogens is 2. The molecular formula is C15H20N4. The number of aryl methyl sites for hydroxylation is 1. The van der Waals surface area contributed by atoms with E-state index in [2.05, 4.69) is 47.5 Å². The monoisotopic (exact) mass is 256 g/mol. The molecule has 4 nitrogen and oxygen atoms in total. The molecule has 1 heterocycles. The van der Waals surface area contributed by atoms with Gasteiger partial charge in [0.15, 0.2) is 0 Å². The van der Waals surface area contributed by atoms with Crippen LogP contribution >= 0.6 is 0 Å². The van der Waals surface area contributed by atoms with Gasteiger partial charge in [-0.1, -0.05) is 24.3 Å². The van der Waals surface area contributed by atoms with Crippen LogP contribution in [0, 0.1) is 0 Å². The van der Waals surface area contributed by atoms with Gasteiger partial charge in [0.1, 0.15) is 0 Å². The highest BCUT2D eigenvalue weighted by Crippen LogP contribution is 2.32. The molecule has 0 amide bonds. The van der Waals surface area contributed by atoms with Crippen LogP contribution in [0.3, 0.4) is 0 Å². The van der Waals surface area contributed by atoms with Crippen LogP contribution in [-0.2, 0) is 20.0 Å². The van der Waals surface area contributed by atoms with Gasteiger partial charge in [-0.25, -0.2) is 0 Å². The lowest BCUT2D eigenvalue weighted by atomic mass is 10.1. The van der Waals surface area contributed by atoms with Crippen LogP contribution < -0.4 is 5.73 Å². The molecule has 1 aromatic heterocycles. The van der Waals surface area contributed by atoms with Crippen molar-refractivity contribution in [2.45, 2.75) is 25.0 Å². The van der Waals surface area contributed by atoms with Gasteiger partial charge in [-0.3, -0.25) is 9.58 Å². The number of hydrogen-bond acceptors (Lipinski definition) is 3. The van der Waals surface area contributed by atoms with E-state index in [0.717, 1.165) is 13.0 Å². The highest BCUT2D eigenvalue weighted by Gasteiger charge is 2.32. The Hall–Kier alpha value is -1.65. The zero-order valence-corrected chi connectivity index (χ0v) is 11.5. The van der Waals surface area contributed by atoms with E-state index in [0.29, 0.717) is 6.04 Å². The normalized spacial score (nSPS) is 21.9. The predicted molar refractivity (Wildman–Crippen MR) is 75.5 cm³/mol. The van der Waals surface area contributed by atoms with E-state index in [1.807, 2.05) is 17.9 Å². The summed E-state index contributed by atoms with van der Waals surface area (Å²) in [5.74, 6) is 0. The molecule has 0 radical (unpaired) electrons. The fourth-order valence-corrected chi connectivity index (χ4v) is 2.99. The minimum Gasteiger partial charge on any atom is -0.323 e. The van der Waals surface area contributed by atoms with Crippen molar-refractivity contribution in [3.05, 3.63) is 53.3 Å². The van der Waals surface area contributed by atoms with Crippen molar-refractivity contribution in [1.29, 1.82) is 0 Å². The molecule has 0 saturated heterocycles. The lowest BCUT2D eigenvalue weighted by Gasteiger charge is -2.27. The summed E-state index contributed by atoms with van der Waals surface area (Å²) in [4.78, 5) is 2.34. The number of benzene rings is 1. The Kier molecular flexibility index (Phi) is 3.12. The van der Waals surface area contributed by atoms with Gasteiger partial charge in [-0.05, 0) is 24.6 Å². The molecule has 1 aliphatic carbocycles. The van der Waals surface area contributed by atoms with Gasteiger partial charge in [0, 0.05) is 37.4 Å². The number of fused-ring (bicyclic) bond motifs is 1. The van der Waals surface area contributed by atoms with Gasteiger partial charge in [-0.2, -0.15) is 5.10 Å². The Morgan fingerprint density at radius 2 is 2.21 bits per heavy atom. The molecule has 0 saturated carbocycles. The van der Waals surface area contributed by atoms with Gasteiger partial charge < -0.3 is 5.73 Å². The largest absolute Gasteiger partial charge is 0.323 e. The Balaban J connectivity index is 1.74. The maximum atomic E-state index is 6.39. The van der Waals surface area contributed by atoms with Crippen LogP contribution in [0.25, 0.3) is 0 Å². The number of nitrogens with zero attached hydrogens (tertiary/aromatic N) is 3. The number of hydrogen-bond donors (Lipinski definition) is 1. The second-order valence-corrected chi connectivity index (χ2v) is 5.43. The van der Waals surface area contributed by atoms with E-state index in [4.69, 9.17) is 5.73 Å². The molecule has 0 spiro atoms. The Morgan fingerprint density at radius 3 is 2.89 bits per heavy atom. The summed E-state index contributed by atoms with van der Waals surface area (Å²) < 4.78 is 1.84. The number of rotatable bonds is 3. The topological polar surface area (TPSA) is 47.1 Å². The fourth-order valence-electron chi connectivity index (χ4n) is 2.99.